The smallest absolute Gasteiger partial charge is 0.264 e. The molecule has 0 saturated heterocycles. The van der Waals surface area contributed by atoms with Gasteiger partial charge in [0.1, 0.15) is 6.54 Å². The number of carbonyl (C=O) groups excluding carboxylic acids is 1. The van der Waals surface area contributed by atoms with Crippen LogP contribution in [0.15, 0.2) is 71.6 Å². The standard InChI is InChI=1S/C27H32N2O5S/c1-6-24(21-13-12-19(2)20(3)16-21)28-27(30)18-29(22-10-8-7-9-11-22)35(31,32)23-14-15-25(33-4)26(17-23)34-5/h7-17,24H,6,18H2,1-5H3,(H,28,30). The van der Waals surface area contributed by atoms with Crippen LogP contribution in [0.5, 0.6) is 11.5 Å². The van der Waals surface area contributed by atoms with Gasteiger partial charge in [-0.05, 0) is 61.2 Å². The molecule has 1 N–H and O–H groups in total. The maximum absolute atomic E-state index is 13.7. The summed E-state index contributed by atoms with van der Waals surface area (Å²) in [6.07, 6.45) is 0.669. The predicted octanol–water partition coefficient (Wildman–Crippen LogP) is 4.78. The van der Waals surface area contributed by atoms with Crippen LogP contribution in [0.3, 0.4) is 0 Å². The van der Waals surface area contributed by atoms with E-state index >= 15 is 0 Å². The minimum absolute atomic E-state index is 0.00648. The molecule has 3 rings (SSSR count). The van der Waals surface area contributed by atoms with Crippen LogP contribution < -0.4 is 19.1 Å². The van der Waals surface area contributed by atoms with Crippen molar-refractivity contribution in [3.05, 3.63) is 83.4 Å². The highest BCUT2D eigenvalue weighted by Crippen LogP contribution is 2.32. The second kappa shape index (κ2) is 11.3. The third kappa shape index (κ3) is 5.95. The van der Waals surface area contributed by atoms with E-state index in [1.165, 1.54) is 38.0 Å². The second-order valence-electron chi connectivity index (χ2n) is 8.24. The monoisotopic (exact) mass is 496 g/mol. The van der Waals surface area contributed by atoms with Gasteiger partial charge < -0.3 is 14.8 Å². The fourth-order valence-electron chi connectivity index (χ4n) is 3.79. The lowest BCUT2D eigenvalue weighted by atomic mass is 9.99. The van der Waals surface area contributed by atoms with Gasteiger partial charge in [-0.15, -0.1) is 0 Å². The average molecular weight is 497 g/mol. The van der Waals surface area contributed by atoms with Crippen molar-refractivity contribution in [1.82, 2.24) is 5.32 Å². The van der Waals surface area contributed by atoms with Gasteiger partial charge in [0, 0.05) is 6.07 Å². The van der Waals surface area contributed by atoms with Crippen molar-refractivity contribution in [1.29, 1.82) is 0 Å². The number of hydrogen-bond donors (Lipinski definition) is 1. The number of anilines is 1. The van der Waals surface area contributed by atoms with E-state index in [1.54, 1.807) is 30.3 Å². The Morgan fingerprint density at radius 1 is 0.914 bits per heavy atom. The fourth-order valence-corrected chi connectivity index (χ4v) is 5.22. The van der Waals surface area contributed by atoms with E-state index in [9.17, 15) is 13.2 Å². The summed E-state index contributed by atoms with van der Waals surface area (Å²) in [6.45, 7) is 5.67. The molecule has 0 spiro atoms. The predicted molar refractivity (Wildman–Crippen MR) is 138 cm³/mol. The van der Waals surface area contributed by atoms with E-state index in [1.807, 2.05) is 32.9 Å². The number of sulfonamides is 1. The van der Waals surface area contributed by atoms with Crippen molar-refractivity contribution in [3.63, 3.8) is 0 Å². The van der Waals surface area contributed by atoms with E-state index < -0.39 is 15.9 Å². The van der Waals surface area contributed by atoms with E-state index in [4.69, 9.17) is 9.47 Å². The fraction of sp³-hybridized carbons (Fsp3) is 0.296. The maximum atomic E-state index is 13.7. The van der Waals surface area contributed by atoms with Gasteiger partial charge in [0.25, 0.3) is 10.0 Å². The molecule has 0 bridgehead atoms. The topological polar surface area (TPSA) is 84.9 Å². The molecule has 8 heteroatoms. The zero-order valence-electron chi connectivity index (χ0n) is 20.7. The largest absolute Gasteiger partial charge is 0.493 e. The van der Waals surface area contributed by atoms with Crippen LogP contribution in [0.2, 0.25) is 0 Å². The van der Waals surface area contributed by atoms with Crippen molar-refractivity contribution in [2.45, 2.75) is 38.1 Å². The van der Waals surface area contributed by atoms with E-state index in [0.29, 0.717) is 17.9 Å². The Morgan fingerprint density at radius 2 is 1.60 bits per heavy atom. The van der Waals surface area contributed by atoms with Crippen LogP contribution in [0.4, 0.5) is 5.69 Å². The Labute approximate surface area is 207 Å². The van der Waals surface area contributed by atoms with Gasteiger partial charge in [0.2, 0.25) is 5.91 Å². The quantitative estimate of drug-likeness (QED) is 0.437. The molecule has 1 atom stereocenters. The number of nitrogens with zero attached hydrogens (tertiary/aromatic N) is 1. The number of ether oxygens (including phenoxy) is 2. The number of hydrogen-bond acceptors (Lipinski definition) is 5. The minimum Gasteiger partial charge on any atom is -0.493 e. The average Bonchev–Trinajstić information content (AvgIpc) is 2.87. The molecular formula is C27H32N2O5S. The highest BCUT2D eigenvalue weighted by atomic mass is 32.2. The highest BCUT2D eigenvalue weighted by molar-refractivity contribution is 7.92. The molecule has 186 valence electrons. The Morgan fingerprint density at radius 3 is 2.20 bits per heavy atom. The summed E-state index contributed by atoms with van der Waals surface area (Å²) in [7, 11) is -1.17. The third-order valence-corrected chi connectivity index (χ3v) is 7.72. The summed E-state index contributed by atoms with van der Waals surface area (Å²) in [5.41, 5.74) is 3.68. The first-order valence-electron chi connectivity index (χ1n) is 11.4. The van der Waals surface area contributed by atoms with E-state index in [0.717, 1.165) is 15.4 Å². The van der Waals surface area contributed by atoms with Crippen molar-refractivity contribution < 1.29 is 22.7 Å². The van der Waals surface area contributed by atoms with Gasteiger partial charge in [0.15, 0.2) is 11.5 Å². The number of carbonyl (C=O) groups is 1. The van der Waals surface area contributed by atoms with E-state index in [-0.39, 0.29) is 23.2 Å². The molecule has 1 unspecified atom stereocenters. The highest BCUT2D eigenvalue weighted by Gasteiger charge is 2.29. The van der Waals surface area contributed by atoms with Gasteiger partial charge in [-0.3, -0.25) is 9.10 Å². The van der Waals surface area contributed by atoms with Gasteiger partial charge in [0.05, 0.1) is 30.8 Å². The number of nitrogens with one attached hydrogen (secondary N) is 1. The maximum Gasteiger partial charge on any atom is 0.264 e. The van der Waals surface area contributed by atoms with Crippen LogP contribution in [0, 0.1) is 13.8 Å². The number of para-hydroxylation sites is 1. The Balaban J connectivity index is 1.93. The van der Waals surface area contributed by atoms with Crippen molar-refractivity contribution >= 4 is 21.6 Å². The zero-order chi connectivity index (χ0) is 25.6. The first-order valence-corrected chi connectivity index (χ1v) is 12.8. The second-order valence-corrected chi connectivity index (χ2v) is 10.1. The Kier molecular flexibility index (Phi) is 8.40. The van der Waals surface area contributed by atoms with Gasteiger partial charge in [-0.25, -0.2) is 8.42 Å². The van der Waals surface area contributed by atoms with Crippen LogP contribution in [-0.4, -0.2) is 35.1 Å². The normalized spacial score (nSPS) is 12.0. The molecule has 0 aromatic heterocycles. The molecule has 0 saturated carbocycles. The summed E-state index contributed by atoms with van der Waals surface area (Å²) in [6, 6.07) is 18.8. The van der Waals surface area contributed by atoms with Crippen molar-refractivity contribution in [2.24, 2.45) is 0 Å². The summed E-state index contributed by atoms with van der Waals surface area (Å²) in [5.74, 6) is 0.296. The summed E-state index contributed by atoms with van der Waals surface area (Å²) >= 11 is 0. The summed E-state index contributed by atoms with van der Waals surface area (Å²) in [4.78, 5) is 13.2. The Bertz CT molecular complexity index is 1280. The number of amides is 1. The van der Waals surface area contributed by atoms with Crippen molar-refractivity contribution in [2.75, 3.05) is 25.1 Å². The SMILES string of the molecule is CCC(NC(=O)CN(c1ccccc1)S(=O)(=O)c1ccc(OC)c(OC)c1)c1ccc(C)c(C)c1. The number of methoxy groups -OCH3 is 2. The summed E-state index contributed by atoms with van der Waals surface area (Å²) in [5, 5.41) is 3.00. The third-order valence-electron chi connectivity index (χ3n) is 5.95. The zero-order valence-corrected chi connectivity index (χ0v) is 21.6. The van der Waals surface area contributed by atoms with Crippen LogP contribution in [0.25, 0.3) is 0 Å². The lowest BCUT2D eigenvalue weighted by Crippen LogP contribution is -2.42. The van der Waals surface area contributed by atoms with Crippen LogP contribution in [-0.2, 0) is 14.8 Å². The molecule has 3 aromatic rings. The van der Waals surface area contributed by atoms with Crippen LogP contribution >= 0.6 is 0 Å². The number of aryl methyl sites for hydroxylation is 2. The molecule has 7 nitrogen and oxygen atoms in total. The van der Waals surface area contributed by atoms with Crippen molar-refractivity contribution in [3.8, 4) is 11.5 Å². The van der Waals surface area contributed by atoms with Gasteiger partial charge in [-0.1, -0.05) is 43.3 Å². The van der Waals surface area contributed by atoms with Crippen LogP contribution in [0.1, 0.15) is 36.1 Å². The molecule has 0 aliphatic heterocycles. The molecule has 0 heterocycles. The molecule has 35 heavy (non-hydrogen) atoms. The molecular weight excluding hydrogens is 464 g/mol. The lowest BCUT2D eigenvalue weighted by Gasteiger charge is -2.26. The first-order chi connectivity index (χ1) is 16.7. The van der Waals surface area contributed by atoms with Gasteiger partial charge >= 0.3 is 0 Å². The molecule has 0 radical (unpaired) electrons. The molecule has 1 amide bonds. The van der Waals surface area contributed by atoms with Gasteiger partial charge in [-0.2, -0.15) is 0 Å². The first kappa shape index (κ1) is 26.1. The molecule has 0 aliphatic rings. The minimum atomic E-state index is -4.09. The Hall–Kier alpha value is -3.52. The summed E-state index contributed by atoms with van der Waals surface area (Å²) < 4.78 is 39.0. The lowest BCUT2D eigenvalue weighted by molar-refractivity contribution is -0.120. The van der Waals surface area contributed by atoms with E-state index in [2.05, 4.69) is 11.4 Å². The molecule has 3 aromatic carbocycles. The molecule has 0 aliphatic carbocycles. The number of benzene rings is 3. The number of rotatable bonds is 10. The molecule has 0 fully saturated rings.